The lowest BCUT2D eigenvalue weighted by molar-refractivity contribution is 0.274. The van der Waals surface area contributed by atoms with Crippen molar-refractivity contribution in [1.82, 2.24) is 0 Å². The minimum Gasteiger partial charge on any atom is -0.396 e. The van der Waals surface area contributed by atoms with Crippen molar-refractivity contribution in [2.24, 2.45) is 5.92 Å². The lowest BCUT2D eigenvalue weighted by Crippen LogP contribution is -2.47. The van der Waals surface area contributed by atoms with Crippen LogP contribution in [0.25, 0.3) is 0 Å². The molecule has 0 unspecified atom stereocenters. The van der Waals surface area contributed by atoms with Crippen LogP contribution in [0.5, 0.6) is 0 Å². The van der Waals surface area contributed by atoms with Gasteiger partial charge in [0, 0.05) is 6.61 Å². The Bertz CT molecular complexity index is 306. The molecular formula is C14H24OSi. The van der Waals surface area contributed by atoms with Crippen LogP contribution in [0.15, 0.2) is 30.3 Å². The normalized spacial score (nSPS) is 14.1. The topological polar surface area (TPSA) is 20.2 Å². The number of aliphatic hydroxyl groups is 1. The fourth-order valence-corrected chi connectivity index (χ4v) is 6.75. The Morgan fingerprint density at radius 2 is 1.69 bits per heavy atom. The van der Waals surface area contributed by atoms with Crippen LogP contribution in [0.2, 0.25) is 18.6 Å². The van der Waals surface area contributed by atoms with Gasteiger partial charge in [-0.3, -0.25) is 0 Å². The van der Waals surface area contributed by atoms with E-state index >= 15 is 0 Å². The van der Waals surface area contributed by atoms with E-state index in [9.17, 15) is 5.11 Å². The van der Waals surface area contributed by atoms with Crippen LogP contribution in [0.4, 0.5) is 0 Å². The predicted octanol–water partition coefficient (Wildman–Crippen LogP) is 3.01. The van der Waals surface area contributed by atoms with E-state index in [1.807, 2.05) is 0 Å². The summed E-state index contributed by atoms with van der Waals surface area (Å²) in [5.74, 6) is 0.647. The van der Waals surface area contributed by atoms with Gasteiger partial charge in [0.2, 0.25) is 0 Å². The monoisotopic (exact) mass is 236 g/mol. The van der Waals surface area contributed by atoms with Crippen molar-refractivity contribution >= 4 is 13.3 Å². The zero-order valence-electron chi connectivity index (χ0n) is 10.9. The fourth-order valence-electron chi connectivity index (χ4n) is 2.75. The number of hydrogen-bond acceptors (Lipinski definition) is 1. The molecule has 0 saturated heterocycles. The number of hydrogen-bond donors (Lipinski definition) is 1. The average Bonchev–Trinajstić information content (AvgIpc) is 2.26. The van der Waals surface area contributed by atoms with Crippen LogP contribution in [0, 0.1) is 5.92 Å². The molecule has 0 radical (unpaired) electrons. The molecule has 1 atom stereocenters. The molecule has 0 saturated carbocycles. The lowest BCUT2D eigenvalue weighted by atomic mass is 10.1. The van der Waals surface area contributed by atoms with E-state index in [1.54, 1.807) is 0 Å². The standard InChI is InChI=1S/C14H24OSi/c1-12(2)14(10-11-15)16(3,4)13-8-6-5-7-9-13/h5-9,12,14-15H,10-11H2,1-4H3/t14-/m1/s1. The second-order valence-electron chi connectivity index (χ2n) is 5.45. The van der Waals surface area contributed by atoms with Crippen LogP contribution in [-0.4, -0.2) is 19.8 Å². The molecule has 1 rings (SSSR count). The minimum absolute atomic E-state index is 0.312. The molecule has 0 heterocycles. The second kappa shape index (κ2) is 5.64. The maximum absolute atomic E-state index is 9.22. The third kappa shape index (κ3) is 2.95. The van der Waals surface area contributed by atoms with Crippen LogP contribution in [0.3, 0.4) is 0 Å². The van der Waals surface area contributed by atoms with Crippen LogP contribution in [-0.2, 0) is 0 Å². The van der Waals surface area contributed by atoms with Crippen molar-refractivity contribution in [2.45, 2.75) is 38.9 Å². The SMILES string of the molecule is CC(C)[C@@H](CCO)[Si](C)(C)c1ccccc1. The summed E-state index contributed by atoms with van der Waals surface area (Å²) in [4.78, 5) is 0. The van der Waals surface area contributed by atoms with E-state index in [2.05, 4.69) is 57.3 Å². The third-order valence-electron chi connectivity index (χ3n) is 3.69. The van der Waals surface area contributed by atoms with Gasteiger partial charge in [-0.05, 0) is 17.9 Å². The van der Waals surface area contributed by atoms with Crippen LogP contribution in [0.1, 0.15) is 20.3 Å². The Morgan fingerprint density at radius 3 is 2.12 bits per heavy atom. The first-order valence-electron chi connectivity index (χ1n) is 6.16. The molecule has 0 amide bonds. The predicted molar refractivity (Wildman–Crippen MR) is 73.8 cm³/mol. The Kier molecular flexibility index (Phi) is 4.75. The van der Waals surface area contributed by atoms with Crippen molar-refractivity contribution < 1.29 is 5.11 Å². The summed E-state index contributed by atoms with van der Waals surface area (Å²) in [5.41, 5.74) is 0.653. The van der Waals surface area contributed by atoms with Gasteiger partial charge in [0.15, 0.2) is 0 Å². The molecule has 0 aliphatic rings. The zero-order valence-corrected chi connectivity index (χ0v) is 11.9. The van der Waals surface area contributed by atoms with Crippen LogP contribution >= 0.6 is 0 Å². The molecule has 90 valence electrons. The number of rotatable bonds is 5. The number of aliphatic hydroxyl groups excluding tert-OH is 1. The lowest BCUT2D eigenvalue weighted by Gasteiger charge is -2.35. The summed E-state index contributed by atoms with van der Waals surface area (Å²) in [6, 6.07) is 10.8. The minimum atomic E-state index is -1.45. The molecule has 0 fully saturated rings. The summed E-state index contributed by atoms with van der Waals surface area (Å²) in [6.07, 6.45) is 0.936. The first-order valence-corrected chi connectivity index (χ1v) is 9.24. The molecule has 0 aromatic heterocycles. The van der Waals surface area contributed by atoms with E-state index < -0.39 is 8.07 Å². The Morgan fingerprint density at radius 1 is 1.12 bits per heavy atom. The first kappa shape index (κ1) is 13.5. The number of benzene rings is 1. The highest BCUT2D eigenvalue weighted by molar-refractivity contribution is 6.91. The summed E-state index contributed by atoms with van der Waals surface area (Å²) >= 11 is 0. The molecule has 1 N–H and O–H groups in total. The fraction of sp³-hybridized carbons (Fsp3) is 0.571. The first-order chi connectivity index (χ1) is 7.50. The van der Waals surface area contributed by atoms with Gasteiger partial charge in [0.25, 0.3) is 0 Å². The van der Waals surface area contributed by atoms with Crippen molar-refractivity contribution in [2.75, 3.05) is 6.61 Å². The maximum atomic E-state index is 9.22. The van der Waals surface area contributed by atoms with E-state index in [4.69, 9.17) is 0 Å². The van der Waals surface area contributed by atoms with Gasteiger partial charge < -0.3 is 5.11 Å². The molecular weight excluding hydrogens is 212 g/mol. The van der Waals surface area contributed by atoms with Crippen molar-refractivity contribution in [3.05, 3.63) is 30.3 Å². The van der Waals surface area contributed by atoms with Crippen molar-refractivity contribution in [3.63, 3.8) is 0 Å². The summed E-state index contributed by atoms with van der Waals surface area (Å²) in [6.45, 7) is 9.70. The highest BCUT2D eigenvalue weighted by Crippen LogP contribution is 2.32. The van der Waals surface area contributed by atoms with Gasteiger partial charge in [0.05, 0.1) is 8.07 Å². The summed E-state index contributed by atoms with van der Waals surface area (Å²) in [5, 5.41) is 10.7. The molecule has 0 spiro atoms. The Labute approximate surface area is 101 Å². The van der Waals surface area contributed by atoms with Gasteiger partial charge in [-0.15, -0.1) is 0 Å². The van der Waals surface area contributed by atoms with Gasteiger partial charge in [-0.2, -0.15) is 0 Å². The van der Waals surface area contributed by atoms with Gasteiger partial charge in [-0.1, -0.05) is 62.5 Å². The van der Waals surface area contributed by atoms with Crippen molar-refractivity contribution in [1.29, 1.82) is 0 Å². The van der Waals surface area contributed by atoms with Crippen molar-refractivity contribution in [3.8, 4) is 0 Å². The molecule has 16 heavy (non-hydrogen) atoms. The largest absolute Gasteiger partial charge is 0.396 e. The average molecular weight is 236 g/mol. The molecule has 1 aromatic rings. The molecule has 0 aliphatic carbocycles. The quantitative estimate of drug-likeness (QED) is 0.779. The van der Waals surface area contributed by atoms with Gasteiger partial charge in [-0.25, -0.2) is 0 Å². The molecule has 0 bridgehead atoms. The molecule has 0 aliphatic heterocycles. The molecule has 1 nitrogen and oxygen atoms in total. The third-order valence-corrected chi connectivity index (χ3v) is 8.32. The molecule has 2 heteroatoms. The zero-order chi connectivity index (χ0) is 12.2. The van der Waals surface area contributed by atoms with Gasteiger partial charge in [0.1, 0.15) is 0 Å². The highest BCUT2D eigenvalue weighted by atomic mass is 28.3. The van der Waals surface area contributed by atoms with Gasteiger partial charge >= 0.3 is 0 Å². The summed E-state index contributed by atoms with van der Waals surface area (Å²) in [7, 11) is -1.45. The second-order valence-corrected chi connectivity index (χ2v) is 10.2. The van der Waals surface area contributed by atoms with Crippen LogP contribution < -0.4 is 5.19 Å². The smallest absolute Gasteiger partial charge is 0.0840 e. The summed E-state index contributed by atoms with van der Waals surface area (Å²) < 4.78 is 0. The van der Waals surface area contributed by atoms with E-state index in [-0.39, 0.29) is 0 Å². The Balaban J connectivity index is 2.98. The van der Waals surface area contributed by atoms with E-state index in [0.29, 0.717) is 18.1 Å². The maximum Gasteiger partial charge on any atom is 0.0840 e. The van der Waals surface area contributed by atoms with E-state index in [0.717, 1.165) is 6.42 Å². The van der Waals surface area contributed by atoms with E-state index in [1.165, 1.54) is 5.19 Å². The molecule has 1 aromatic carbocycles. The highest BCUT2D eigenvalue weighted by Gasteiger charge is 2.34. The Hall–Kier alpha value is -0.603.